The number of hydrogen-bond acceptors (Lipinski definition) is 9. The molecule has 1 fully saturated rings. The molecule has 3 atom stereocenters. The van der Waals surface area contributed by atoms with Gasteiger partial charge in [-0.3, -0.25) is 14.5 Å². The van der Waals surface area contributed by atoms with E-state index in [4.69, 9.17) is 21.1 Å². The van der Waals surface area contributed by atoms with Gasteiger partial charge in [0.25, 0.3) is 15.9 Å². The first kappa shape index (κ1) is 30.8. The normalized spacial score (nSPS) is 22.0. The van der Waals surface area contributed by atoms with Crippen molar-refractivity contribution < 1.29 is 37.7 Å². The number of likely N-dealkylation sites (tertiary alicyclic amines) is 1. The fraction of sp³-hybridized carbons (Fsp3) is 0.333. The number of carbonyl (C=O) groups is 2. The SMILES string of the molecule is COc1ccc(S(=O)(=O)N2C(=O)[C@@](c3ccccc3CO)(N3C[C@H](O)C[C@H]3C(=O)N(C)C)c3cc(Cl)ccc32)c(OC)c1. The Morgan fingerprint density at radius 3 is 2.44 bits per heavy atom. The predicted molar refractivity (Wildman–Crippen MR) is 159 cm³/mol. The molecule has 3 aromatic rings. The summed E-state index contributed by atoms with van der Waals surface area (Å²) in [6.45, 7) is -0.621. The van der Waals surface area contributed by atoms with E-state index in [-0.39, 0.29) is 51.4 Å². The maximum atomic E-state index is 15.1. The zero-order chi connectivity index (χ0) is 31.3. The first-order chi connectivity index (χ1) is 20.4. The highest BCUT2D eigenvalue weighted by atomic mass is 35.5. The first-order valence-corrected chi connectivity index (χ1v) is 15.2. The molecule has 0 unspecified atom stereocenters. The second-order valence-electron chi connectivity index (χ2n) is 10.6. The minimum atomic E-state index is -4.66. The van der Waals surface area contributed by atoms with Gasteiger partial charge in [0.05, 0.1) is 38.7 Å². The molecule has 13 heteroatoms. The Morgan fingerprint density at radius 1 is 1.07 bits per heavy atom. The molecule has 1 saturated heterocycles. The van der Waals surface area contributed by atoms with Crippen LogP contribution < -0.4 is 13.8 Å². The smallest absolute Gasteiger partial charge is 0.274 e. The average Bonchev–Trinajstić information content (AvgIpc) is 3.50. The van der Waals surface area contributed by atoms with Crippen LogP contribution in [0.2, 0.25) is 5.02 Å². The lowest BCUT2D eigenvalue weighted by atomic mass is 9.79. The van der Waals surface area contributed by atoms with Crippen molar-refractivity contribution in [3.63, 3.8) is 0 Å². The number of rotatable bonds is 8. The van der Waals surface area contributed by atoms with E-state index < -0.39 is 40.2 Å². The van der Waals surface area contributed by atoms with E-state index in [9.17, 15) is 23.4 Å². The van der Waals surface area contributed by atoms with Gasteiger partial charge in [-0.25, -0.2) is 12.7 Å². The van der Waals surface area contributed by atoms with E-state index >= 15 is 4.79 Å². The predicted octanol–water partition coefficient (Wildman–Crippen LogP) is 2.35. The summed E-state index contributed by atoms with van der Waals surface area (Å²) in [5.41, 5.74) is -1.18. The monoisotopic (exact) mass is 629 g/mol. The number of anilines is 1. The lowest BCUT2D eigenvalue weighted by Crippen LogP contribution is -2.59. The van der Waals surface area contributed by atoms with Gasteiger partial charge in [0.2, 0.25) is 5.91 Å². The molecular formula is C30H32ClN3O8S. The quantitative estimate of drug-likeness (QED) is 0.385. The zero-order valence-corrected chi connectivity index (χ0v) is 25.6. The number of hydrogen-bond donors (Lipinski definition) is 2. The molecule has 0 aliphatic carbocycles. The number of aliphatic hydroxyl groups is 2. The third-order valence-electron chi connectivity index (χ3n) is 7.96. The summed E-state index contributed by atoms with van der Waals surface area (Å²) >= 11 is 6.50. The standard InChI is InChI=1S/C30H32ClN3O8S/c1-32(2)28(37)25-14-20(36)16-33(25)30(22-8-6-5-7-18(22)17-35)23-13-19(31)9-11-24(23)34(29(30)38)43(39,40)27-12-10-21(41-3)15-26(27)42-4/h5-13,15,20,25,35-36H,14,16-17H2,1-4H3/t20-,25+,30+/m1/s1. The fourth-order valence-corrected chi connectivity index (χ4v) is 7.87. The Balaban J connectivity index is 1.86. The maximum Gasteiger partial charge on any atom is 0.274 e. The van der Waals surface area contributed by atoms with Crippen molar-refractivity contribution >= 4 is 39.1 Å². The number of benzene rings is 3. The number of methoxy groups -OCH3 is 2. The van der Waals surface area contributed by atoms with Crippen molar-refractivity contribution in [3.05, 3.63) is 82.4 Å². The van der Waals surface area contributed by atoms with Crippen LogP contribution in [-0.2, 0) is 31.8 Å². The van der Waals surface area contributed by atoms with Gasteiger partial charge in [0, 0.05) is 37.3 Å². The molecule has 228 valence electrons. The molecule has 5 rings (SSSR count). The van der Waals surface area contributed by atoms with Crippen molar-refractivity contribution in [2.45, 2.75) is 35.6 Å². The summed E-state index contributed by atoms with van der Waals surface area (Å²) in [7, 11) is 1.19. The second kappa shape index (κ2) is 11.4. The summed E-state index contributed by atoms with van der Waals surface area (Å²) in [6, 6.07) is 14.1. The minimum absolute atomic E-state index is 0.00227. The van der Waals surface area contributed by atoms with Crippen LogP contribution in [0.3, 0.4) is 0 Å². The third kappa shape index (κ3) is 4.74. The highest BCUT2D eigenvalue weighted by Gasteiger charge is 2.63. The average molecular weight is 630 g/mol. The molecule has 0 spiro atoms. The molecular weight excluding hydrogens is 598 g/mol. The van der Waals surface area contributed by atoms with Crippen molar-refractivity contribution in [1.82, 2.24) is 9.80 Å². The number of β-amino-alcohol motifs (C(OH)–C–C–N with tert-alkyl or cyclic N) is 1. The number of likely N-dealkylation sites (N-methyl/N-ethyl adjacent to an activating group) is 1. The second-order valence-corrected chi connectivity index (χ2v) is 12.8. The lowest BCUT2D eigenvalue weighted by molar-refractivity contribution is -0.138. The molecule has 0 radical (unpaired) electrons. The molecule has 0 aromatic heterocycles. The van der Waals surface area contributed by atoms with Gasteiger partial charge >= 0.3 is 0 Å². The van der Waals surface area contributed by atoms with Gasteiger partial charge in [0.15, 0.2) is 5.54 Å². The summed E-state index contributed by atoms with van der Waals surface area (Å²) in [5, 5.41) is 21.5. The number of aliphatic hydroxyl groups excluding tert-OH is 2. The van der Waals surface area contributed by atoms with Crippen LogP contribution in [-0.4, -0.2) is 87.3 Å². The Hall–Kier alpha value is -3.68. The number of fused-ring (bicyclic) bond motifs is 1. The molecule has 2 heterocycles. The fourth-order valence-electron chi connectivity index (χ4n) is 6.09. The Morgan fingerprint density at radius 2 is 1.79 bits per heavy atom. The number of ether oxygens (including phenoxy) is 2. The van der Waals surface area contributed by atoms with Crippen molar-refractivity contribution in [3.8, 4) is 11.5 Å². The highest BCUT2D eigenvalue weighted by molar-refractivity contribution is 7.93. The van der Waals surface area contributed by atoms with Crippen molar-refractivity contribution in [2.75, 3.05) is 39.2 Å². The molecule has 11 nitrogen and oxygen atoms in total. The molecule has 2 amide bonds. The third-order valence-corrected chi connectivity index (χ3v) is 9.93. The summed E-state index contributed by atoms with van der Waals surface area (Å²) < 4.78 is 40.3. The molecule has 2 N–H and O–H groups in total. The van der Waals surface area contributed by atoms with Gasteiger partial charge in [0.1, 0.15) is 16.4 Å². The van der Waals surface area contributed by atoms with Crippen LogP contribution in [0.4, 0.5) is 5.69 Å². The van der Waals surface area contributed by atoms with Crippen LogP contribution >= 0.6 is 11.6 Å². The first-order valence-electron chi connectivity index (χ1n) is 13.4. The van der Waals surface area contributed by atoms with Gasteiger partial charge in [-0.2, -0.15) is 0 Å². The van der Waals surface area contributed by atoms with E-state index in [1.807, 2.05) is 0 Å². The molecule has 3 aromatic carbocycles. The number of halogens is 1. The Kier molecular flexibility index (Phi) is 8.18. The van der Waals surface area contributed by atoms with Crippen LogP contribution in [0.5, 0.6) is 11.5 Å². The summed E-state index contributed by atoms with van der Waals surface area (Å²) in [6.07, 6.45) is -1.00. The number of sulfonamides is 1. The van der Waals surface area contributed by atoms with Crippen LogP contribution in [0, 0.1) is 0 Å². The zero-order valence-electron chi connectivity index (χ0n) is 24.0. The van der Waals surface area contributed by atoms with Gasteiger partial charge in [-0.15, -0.1) is 0 Å². The highest BCUT2D eigenvalue weighted by Crippen LogP contribution is 2.54. The largest absolute Gasteiger partial charge is 0.497 e. The number of nitrogens with zero attached hydrogens (tertiary/aromatic N) is 3. The van der Waals surface area contributed by atoms with Crippen LogP contribution in [0.15, 0.2) is 65.6 Å². The topological polar surface area (TPSA) is 137 Å². The van der Waals surface area contributed by atoms with Gasteiger partial charge < -0.3 is 24.6 Å². The van der Waals surface area contributed by atoms with E-state index in [2.05, 4.69) is 0 Å². The Bertz CT molecular complexity index is 1700. The van der Waals surface area contributed by atoms with E-state index in [0.29, 0.717) is 15.6 Å². The molecule has 0 saturated carbocycles. The van der Waals surface area contributed by atoms with Crippen LogP contribution in [0.25, 0.3) is 0 Å². The van der Waals surface area contributed by atoms with Crippen molar-refractivity contribution in [2.24, 2.45) is 0 Å². The maximum absolute atomic E-state index is 15.1. The van der Waals surface area contributed by atoms with E-state index in [1.54, 1.807) is 38.4 Å². The van der Waals surface area contributed by atoms with E-state index in [0.717, 1.165) is 0 Å². The number of amides is 2. The van der Waals surface area contributed by atoms with Gasteiger partial charge in [-0.1, -0.05) is 35.9 Å². The van der Waals surface area contributed by atoms with E-state index in [1.165, 1.54) is 60.4 Å². The lowest BCUT2D eigenvalue weighted by Gasteiger charge is -2.42. The van der Waals surface area contributed by atoms with Gasteiger partial charge in [-0.05, 0) is 47.9 Å². The molecule has 2 aliphatic rings. The van der Waals surface area contributed by atoms with Crippen molar-refractivity contribution in [1.29, 1.82) is 0 Å². The summed E-state index contributed by atoms with van der Waals surface area (Å²) in [5.74, 6) is -1.01. The summed E-state index contributed by atoms with van der Waals surface area (Å²) in [4.78, 5) is 31.3. The molecule has 43 heavy (non-hydrogen) atoms. The van der Waals surface area contributed by atoms with Crippen LogP contribution in [0.1, 0.15) is 23.1 Å². The Labute approximate surface area is 254 Å². The molecule has 2 aliphatic heterocycles. The number of carbonyl (C=O) groups excluding carboxylic acids is 2. The molecule has 0 bridgehead atoms. The minimum Gasteiger partial charge on any atom is -0.497 e.